The van der Waals surface area contributed by atoms with E-state index in [0.717, 1.165) is 35.4 Å². The number of fused-ring (bicyclic) bond motifs is 2. The van der Waals surface area contributed by atoms with E-state index in [4.69, 9.17) is 14.9 Å². The van der Waals surface area contributed by atoms with Crippen LogP contribution in [0.2, 0.25) is 0 Å². The van der Waals surface area contributed by atoms with Crippen molar-refractivity contribution in [1.29, 1.82) is 5.41 Å². The molecule has 0 amide bonds. The van der Waals surface area contributed by atoms with E-state index >= 15 is 0 Å². The van der Waals surface area contributed by atoms with Crippen LogP contribution in [0, 0.1) is 5.41 Å². The van der Waals surface area contributed by atoms with Crippen LogP contribution >= 0.6 is 0 Å². The molecule has 2 N–H and O–H groups in total. The molecule has 4 rings (SSSR count). The summed E-state index contributed by atoms with van der Waals surface area (Å²) in [6.45, 7) is 2.51. The molecule has 2 aromatic rings. The van der Waals surface area contributed by atoms with Gasteiger partial charge in [-0.2, -0.15) is 4.98 Å². The first-order valence-electron chi connectivity index (χ1n) is 8.86. The number of ether oxygens (including phenoxy) is 2. The van der Waals surface area contributed by atoms with Crippen LogP contribution in [0.1, 0.15) is 30.4 Å². The molecular formula is C19H22N6O2. The molecule has 0 saturated heterocycles. The lowest BCUT2D eigenvalue weighted by Gasteiger charge is -2.18. The third kappa shape index (κ3) is 3.12. The van der Waals surface area contributed by atoms with Crippen molar-refractivity contribution in [2.45, 2.75) is 25.8 Å². The monoisotopic (exact) mass is 366 g/mol. The number of anilines is 1. The standard InChI is InChI=1S/C19H22N6O2/c1-11(10-26-2)22-19-23-17-14(20)8-13(16(17)18(24-19)27-3)12-4-5-15-21-6-7-25(15)9-12/h6-9,11,20H,4-5,10H2,1-3H3,(H,22,23,24)/t11-/m1/s1. The zero-order valence-corrected chi connectivity index (χ0v) is 15.6. The zero-order valence-electron chi connectivity index (χ0n) is 15.6. The lowest BCUT2D eigenvalue weighted by atomic mass is 9.96. The Hall–Kier alpha value is -3.00. The maximum absolute atomic E-state index is 8.41. The van der Waals surface area contributed by atoms with Gasteiger partial charge >= 0.3 is 0 Å². The fourth-order valence-electron chi connectivity index (χ4n) is 3.48. The highest BCUT2D eigenvalue weighted by molar-refractivity contribution is 6.20. The summed E-state index contributed by atoms with van der Waals surface area (Å²) in [6, 6.07) is 0.0430. The van der Waals surface area contributed by atoms with Crippen LogP contribution < -0.4 is 10.1 Å². The maximum atomic E-state index is 8.41. The number of aryl methyl sites for hydroxylation is 1. The number of aromatic nitrogens is 4. The van der Waals surface area contributed by atoms with Gasteiger partial charge in [0.15, 0.2) is 0 Å². The highest BCUT2D eigenvalue weighted by Crippen LogP contribution is 2.40. The Bertz CT molecular complexity index is 959. The lowest BCUT2D eigenvalue weighted by molar-refractivity contribution is 0.190. The van der Waals surface area contributed by atoms with Crippen molar-refractivity contribution < 1.29 is 9.47 Å². The highest BCUT2D eigenvalue weighted by Gasteiger charge is 2.30. The summed E-state index contributed by atoms with van der Waals surface area (Å²) in [4.78, 5) is 13.4. The molecule has 3 heterocycles. The van der Waals surface area contributed by atoms with Crippen molar-refractivity contribution in [3.05, 3.63) is 41.1 Å². The number of nitrogens with one attached hydrogen (secondary N) is 2. The summed E-state index contributed by atoms with van der Waals surface area (Å²) in [5, 5.41) is 11.6. The second-order valence-electron chi connectivity index (χ2n) is 6.66. The normalized spacial score (nSPS) is 16.3. The van der Waals surface area contributed by atoms with Gasteiger partial charge in [0.25, 0.3) is 0 Å². The van der Waals surface area contributed by atoms with E-state index in [0.29, 0.717) is 29.8 Å². The molecule has 1 atom stereocenters. The van der Waals surface area contributed by atoms with Crippen LogP contribution in [0.5, 0.6) is 5.88 Å². The molecule has 0 spiro atoms. The van der Waals surface area contributed by atoms with Crippen LogP contribution in [0.3, 0.4) is 0 Å². The Morgan fingerprint density at radius 3 is 2.93 bits per heavy atom. The lowest BCUT2D eigenvalue weighted by Crippen LogP contribution is -2.23. The van der Waals surface area contributed by atoms with Crippen molar-refractivity contribution >= 4 is 23.4 Å². The van der Waals surface area contributed by atoms with Crippen molar-refractivity contribution in [3.8, 4) is 5.88 Å². The molecule has 1 aliphatic carbocycles. The topological polar surface area (TPSA) is 97.9 Å². The summed E-state index contributed by atoms with van der Waals surface area (Å²) in [6.07, 6.45) is 9.36. The second-order valence-corrected chi connectivity index (χ2v) is 6.66. The zero-order chi connectivity index (χ0) is 19.0. The van der Waals surface area contributed by atoms with Gasteiger partial charge in [0.2, 0.25) is 11.8 Å². The van der Waals surface area contributed by atoms with Gasteiger partial charge in [0.05, 0.1) is 25.0 Å². The third-order valence-electron chi connectivity index (χ3n) is 4.68. The fourth-order valence-corrected chi connectivity index (χ4v) is 3.48. The molecule has 0 fully saturated rings. The van der Waals surface area contributed by atoms with E-state index in [9.17, 15) is 0 Å². The van der Waals surface area contributed by atoms with Gasteiger partial charge < -0.3 is 19.4 Å². The number of allylic oxidation sites excluding steroid dienone is 3. The largest absolute Gasteiger partial charge is 0.480 e. The highest BCUT2D eigenvalue weighted by atomic mass is 16.5. The van der Waals surface area contributed by atoms with Crippen LogP contribution in [0.4, 0.5) is 5.95 Å². The van der Waals surface area contributed by atoms with E-state index in [1.54, 1.807) is 20.4 Å². The van der Waals surface area contributed by atoms with Gasteiger partial charge in [-0.15, -0.1) is 0 Å². The van der Waals surface area contributed by atoms with Crippen molar-refractivity contribution in [1.82, 2.24) is 19.5 Å². The summed E-state index contributed by atoms with van der Waals surface area (Å²) < 4.78 is 12.7. The molecule has 8 nitrogen and oxygen atoms in total. The van der Waals surface area contributed by atoms with Crippen LogP contribution in [-0.2, 0) is 11.2 Å². The van der Waals surface area contributed by atoms with E-state index in [-0.39, 0.29) is 6.04 Å². The molecule has 0 bridgehead atoms. The van der Waals surface area contributed by atoms with Gasteiger partial charge in [-0.05, 0) is 30.6 Å². The Morgan fingerprint density at radius 1 is 1.30 bits per heavy atom. The second kappa shape index (κ2) is 6.96. The first-order valence-corrected chi connectivity index (χ1v) is 8.86. The number of methoxy groups -OCH3 is 2. The number of rotatable bonds is 6. The minimum Gasteiger partial charge on any atom is -0.480 e. The molecular weight excluding hydrogens is 344 g/mol. The van der Waals surface area contributed by atoms with E-state index in [2.05, 4.69) is 26.5 Å². The molecule has 0 radical (unpaired) electrons. The van der Waals surface area contributed by atoms with Crippen LogP contribution in [0.15, 0.2) is 24.0 Å². The predicted molar refractivity (Wildman–Crippen MR) is 103 cm³/mol. The van der Waals surface area contributed by atoms with Crippen molar-refractivity contribution in [2.75, 3.05) is 26.1 Å². The number of hydrogen-bond donors (Lipinski definition) is 2. The minimum absolute atomic E-state index is 0.0430. The number of nitrogens with zero attached hydrogens (tertiary/aromatic N) is 4. The SMILES string of the molecule is COC[C@@H](C)Nc1nc(OC)c2c(n1)C(=N)C=C2C1=Cn2ccnc2CC1. The molecule has 8 heteroatoms. The number of imidazole rings is 1. The first kappa shape index (κ1) is 17.4. The quantitative estimate of drug-likeness (QED) is 0.815. The molecule has 0 saturated carbocycles. The van der Waals surface area contributed by atoms with E-state index in [1.807, 2.05) is 23.8 Å². The van der Waals surface area contributed by atoms with Crippen molar-refractivity contribution in [3.63, 3.8) is 0 Å². The molecule has 2 aliphatic rings. The fraction of sp³-hybridized carbons (Fsp3) is 0.368. The average Bonchev–Trinajstić information content (AvgIpc) is 3.25. The van der Waals surface area contributed by atoms with Crippen LogP contribution in [-0.4, -0.2) is 52.1 Å². The average molecular weight is 366 g/mol. The number of hydrogen-bond acceptors (Lipinski definition) is 7. The maximum Gasteiger partial charge on any atom is 0.226 e. The minimum atomic E-state index is 0.0430. The Labute approximate surface area is 157 Å². The smallest absolute Gasteiger partial charge is 0.226 e. The Morgan fingerprint density at radius 2 is 2.15 bits per heavy atom. The van der Waals surface area contributed by atoms with E-state index < -0.39 is 0 Å². The molecule has 0 aromatic carbocycles. The third-order valence-corrected chi connectivity index (χ3v) is 4.68. The van der Waals surface area contributed by atoms with Crippen LogP contribution in [0.25, 0.3) is 11.8 Å². The van der Waals surface area contributed by atoms with Gasteiger partial charge in [0, 0.05) is 38.2 Å². The molecule has 27 heavy (non-hydrogen) atoms. The van der Waals surface area contributed by atoms with Gasteiger partial charge in [-0.3, -0.25) is 5.41 Å². The Balaban J connectivity index is 1.72. The first-order chi connectivity index (χ1) is 13.1. The molecule has 2 aromatic heterocycles. The summed E-state index contributed by atoms with van der Waals surface area (Å²) in [5.74, 6) is 1.95. The van der Waals surface area contributed by atoms with Gasteiger partial charge in [0.1, 0.15) is 11.5 Å². The summed E-state index contributed by atoms with van der Waals surface area (Å²) >= 11 is 0. The summed E-state index contributed by atoms with van der Waals surface area (Å²) in [7, 11) is 3.24. The van der Waals surface area contributed by atoms with Crippen molar-refractivity contribution in [2.24, 2.45) is 0 Å². The van der Waals surface area contributed by atoms with Gasteiger partial charge in [-0.25, -0.2) is 9.97 Å². The predicted octanol–water partition coefficient (Wildman–Crippen LogP) is 2.38. The summed E-state index contributed by atoms with van der Waals surface area (Å²) in [5.41, 5.74) is 3.80. The van der Waals surface area contributed by atoms with Gasteiger partial charge in [-0.1, -0.05) is 0 Å². The molecule has 0 unspecified atom stereocenters. The van der Waals surface area contributed by atoms with E-state index in [1.165, 1.54) is 0 Å². The molecule has 140 valence electrons. The Kier molecular flexibility index (Phi) is 4.49. The molecule has 1 aliphatic heterocycles.